The molecular weight excluding hydrogens is 208 g/mol. The maximum Gasteiger partial charge on any atom is 0.270 e. The summed E-state index contributed by atoms with van der Waals surface area (Å²) >= 11 is 0. The van der Waals surface area contributed by atoms with Crippen LogP contribution in [0.3, 0.4) is 0 Å². The molecule has 7 nitrogen and oxygen atoms in total. The van der Waals surface area contributed by atoms with E-state index in [1.807, 2.05) is 14.1 Å². The van der Waals surface area contributed by atoms with Crippen molar-refractivity contribution in [1.82, 2.24) is 19.5 Å². The molecule has 2 heterocycles. The van der Waals surface area contributed by atoms with Gasteiger partial charge in [-0.15, -0.1) is 0 Å². The quantitative estimate of drug-likeness (QED) is 0.688. The molecule has 2 rings (SSSR count). The first kappa shape index (κ1) is 10.3. The zero-order valence-corrected chi connectivity index (χ0v) is 9.30. The number of aromatic nitrogens is 4. The number of fused-ring (bicyclic) bond motifs is 1. The smallest absolute Gasteiger partial charge is 0.270 e. The van der Waals surface area contributed by atoms with Crippen LogP contribution < -0.4 is 16.2 Å². The summed E-state index contributed by atoms with van der Waals surface area (Å²) in [5, 5.41) is 0. The summed E-state index contributed by atoms with van der Waals surface area (Å²) in [6.07, 6.45) is 1.24. The highest BCUT2D eigenvalue weighted by Crippen LogP contribution is 2.18. The van der Waals surface area contributed by atoms with Gasteiger partial charge in [0, 0.05) is 21.1 Å². The number of hydrogen-bond donors (Lipinski definition) is 1. The van der Waals surface area contributed by atoms with Gasteiger partial charge in [-0.3, -0.25) is 9.36 Å². The summed E-state index contributed by atoms with van der Waals surface area (Å²) in [7, 11) is 5.28. The molecule has 0 spiro atoms. The van der Waals surface area contributed by atoms with Gasteiger partial charge in [0.1, 0.15) is 5.52 Å². The number of nitrogen functional groups attached to an aromatic ring is 1. The second-order valence-corrected chi connectivity index (χ2v) is 3.63. The van der Waals surface area contributed by atoms with Crippen molar-refractivity contribution in [2.45, 2.75) is 0 Å². The predicted octanol–water partition coefficient (Wildman–Crippen LogP) is -0.628. The van der Waals surface area contributed by atoms with Gasteiger partial charge in [0.2, 0.25) is 5.95 Å². The van der Waals surface area contributed by atoms with E-state index in [9.17, 15) is 4.79 Å². The highest BCUT2D eigenvalue weighted by Gasteiger charge is 2.11. The van der Waals surface area contributed by atoms with Gasteiger partial charge in [0.25, 0.3) is 5.56 Å². The van der Waals surface area contributed by atoms with Crippen molar-refractivity contribution in [1.29, 1.82) is 0 Å². The third-order valence-corrected chi connectivity index (χ3v) is 2.24. The third-order valence-electron chi connectivity index (χ3n) is 2.24. The largest absolute Gasteiger partial charge is 0.368 e. The molecule has 0 fully saturated rings. The zero-order valence-electron chi connectivity index (χ0n) is 9.30. The molecule has 0 amide bonds. The maximum atomic E-state index is 11.4. The summed E-state index contributed by atoms with van der Waals surface area (Å²) in [5.41, 5.74) is 6.35. The summed E-state index contributed by atoms with van der Waals surface area (Å²) in [6, 6.07) is 0. The van der Waals surface area contributed by atoms with E-state index < -0.39 is 0 Å². The normalized spacial score (nSPS) is 10.7. The van der Waals surface area contributed by atoms with Crippen LogP contribution in [0.2, 0.25) is 0 Å². The second kappa shape index (κ2) is 3.44. The first-order valence-electron chi connectivity index (χ1n) is 4.67. The van der Waals surface area contributed by atoms with Crippen LogP contribution in [0.15, 0.2) is 11.0 Å². The van der Waals surface area contributed by atoms with E-state index in [0.717, 1.165) is 0 Å². The Balaban J connectivity index is 2.94. The number of rotatable bonds is 1. The van der Waals surface area contributed by atoms with E-state index in [4.69, 9.17) is 5.73 Å². The molecule has 0 bridgehead atoms. The molecule has 7 heteroatoms. The van der Waals surface area contributed by atoms with Crippen molar-refractivity contribution < 1.29 is 0 Å². The molecule has 0 saturated heterocycles. The SMILES string of the molecule is CN(C)c1nc(N)nc2c1ncc(=O)n2C. The molecule has 84 valence electrons. The van der Waals surface area contributed by atoms with Crippen molar-refractivity contribution >= 4 is 22.9 Å². The Hall–Kier alpha value is -2.18. The molecule has 0 unspecified atom stereocenters. The topological polar surface area (TPSA) is 89.9 Å². The molecule has 0 aliphatic carbocycles. The third kappa shape index (κ3) is 1.46. The Morgan fingerprint density at radius 1 is 1.38 bits per heavy atom. The van der Waals surface area contributed by atoms with Crippen LogP contribution in [-0.4, -0.2) is 33.6 Å². The van der Waals surface area contributed by atoms with Gasteiger partial charge < -0.3 is 10.6 Å². The minimum Gasteiger partial charge on any atom is -0.368 e. The number of aryl methyl sites for hydroxylation is 1. The first-order chi connectivity index (χ1) is 7.50. The van der Waals surface area contributed by atoms with Crippen molar-refractivity contribution in [3.8, 4) is 0 Å². The van der Waals surface area contributed by atoms with Gasteiger partial charge in [-0.2, -0.15) is 9.97 Å². The molecular formula is C9H12N6O. The zero-order chi connectivity index (χ0) is 11.9. The lowest BCUT2D eigenvalue weighted by molar-refractivity contribution is 0.868. The van der Waals surface area contributed by atoms with Crippen molar-refractivity contribution in [3.63, 3.8) is 0 Å². The van der Waals surface area contributed by atoms with Gasteiger partial charge in [0.05, 0.1) is 6.20 Å². The minimum absolute atomic E-state index is 0.124. The Morgan fingerprint density at radius 3 is 2.69 bits per heavy atom. The summed E-state index contributed by atoms with van der Waals surface area (Å²) in [5.74, 6) is 0.720. The van der Waals surface area contributed by atoms with Crippen LogP contribution in [0.25, 0.3) is 11.2 Å². The fourth-order valence-corrected chi connectivity index (χ4v) is 1.42. The monoisotopic (exact) mass is 220 g/mol. The predicted molar refractivity (Wildman–Crippen MR) is 61.3 cm³/mol. The number of anilines is 2. The van der Waals surface area contributed by atoms with Crippen LogP contribution in [-0.2, 0) is 7.05 Å². The van der Waals surface area contributed by atoms with E-state index in [1.54, 1.807) is 11.9 Å². The lowest BCUT2D eigenvalue weighted by atomic mass is 10.4. The van der Waals surface area contributed by atoms with Crippen molar-refractivity contribution in [2.24, 2.45) is 7.05 Å². The van der Waals surface area contributed by atoms with Gasteiger partial charge in [-0.05, 0) is 0 Å². The first-order valence-corrected chi connectivity index (χ1v) is 4.67. The van der Waals surface area contributed by atoms with E-state index in [2.05, 4.69) is 15.0 Å². The molecule has 2 aromatic rings. The van der Waals surface area contributed by atoms with Crippen molar-refractivity contribution in [2.75, 3.05) is 24.7 Å². The average Bonchev–Trinajstić information content (AvgIpc) is 2.23. The molecule has 0 aliphatic heterocycles. The molecule has 2 N–H and O–H groups in total. The number of hydrogen-bond acceptors (Lipinski definition) is 6. The fraction of sp³-hybridized carbons (Fsp3) is 0.333. The van der Waals surface area contributed by atoms with Crippen LogP contribution >= 0.6 is 0 Å². The maximum absolute atomic E-state index is 11.4. The van der Waals surface area contributed by atoms with E-state index in [-0.39, 0.29) is 11.5 Å². The highest BCUT2D eigenvalue weighted by molar-refractivity contribution is 5.83. The van der Waals surface area contributed by atoms with Crippen LogP contribution in [0.5, 0.6) is 0 Å². The van der Waals surface area contributed by atoms with Gasteiger partial charge in [-0.1, -0.05) is 0 Å². The molecule has 16 heavy (non-hydrogen) atoms. The van der Waals surface area contributed by atoms with Crippen LogP contribution in [0.1, 0.15) is 0 Å². The lowest BCUT2D eigenvalue weighted by Gasteiger charge is -2.14. The molecule has 2 aromatic heterocycles. The molecule has 0 radical (unpaired) electrons. The van der Waals surface area contributed by atoms with E-state index in [0.29, 0.717) is 17.0 Å². The Kier molecular flexibility index (Phi) is 2.22. The number of nitrogens with zero attached hydrogens (tertiary/aromatic N) is 5. The highest BCUT2D eigenvalue weighted by atomic mass is 16.1. The lowest BCUT2D eigenvalue weighted by Crippen LogP contribution is -2.21. The van der Waals surface area contributed by atoms with E-state index >= 15 is 0 Å². The van der Waals surface area contributed by atoms with Crippen LogP contribution in [0.4, 0.5) is 11.8 Å². The molecule has 0 saturated carbocycles. The van der Waals surface area contributed by atoms with Crippen molar-refractivity contribution in [3.05, 3.63) is 16.6 Å². The Bertz CT molecular complexity index is 603. The Morgan fingerprint density at radius 2 is 2.06 bits per heavy atom. The molecule has 0 atom stereocenters. The standard InChI is InChI=1S/C9H12N6O/c1-14(2)7-6-8(13-9(10)12-7)15(3)5(16)4-11-6/h4H,1-3H3,(H2,10,12,13). The van der Waals surface area contributed by atoms with Gasteiger partial charge in [0.15, 0.2) is 11.5 Å². The van der Waals surface area contributed by atoms with Gasteiger partial charge in [-0.25, -0.2) is 4.98 Å². The minimum atomic E-state index is -0.227. The summed E-state index contributed by atoms with van der Waals surface area (Å²) in [6.45, 7) is 0. The second-order valence-electron chi connectivity index (χ2n) is 3.63. The average molecular weight is 220 g/mol. The summed E-state index contributed by atoms with van der Waals surface area (Å²) < 4.78 is 1.40. The van der Waals surface area contributed by atoms with Crippen LogP contribution in [0, 0.1) is 0 Å². The van der Waals surface area contributed by atoms with Gasteiger partial charge >= 0.3 is 0 Å². The fourth-order valence-electron chi connectivity index (χ4n) is 1.42. The van der Waals surface area contributed by atoms with E-state index in [1.165, 1.54) is 10.8 Å². The molecule has 0 aromatic carbocycles. The molecule has 0 aliphatic rings. The Labute approximate surface area is 91.6 Å². The summed E-state index contributed by atoms with van der Waals surface area (Å²) in [4.78, 5) is 25.3. The number of nitrogens with two attached hydrogens (primary N) is 1.